The molecule has 0 saturated carbocycles. The second kappa shape index (κ2) is 6.97. The molecule has 2 aliphatic heterocycles. The van der Waals surface area contributed by atoms with E-state index in [9.17, 15) is 14.3 Å². The largest absolute Gasteiger partial charge is 0.445 e. The maximum absolute atomic E-state index is 13.6. The highest BCUT2D eigenvalue weighted by Gasteiger charge is 2.50. The lowest BCUT2D eigenvalue weighted by Crippen LogP contribution is -2.52. The van der Waals surface area contributed by atoms with Gasteiger partial charge in [0.15, 0.2) is 0 Å². The molecule has 1 N–H and O–H groups in total. The first-order chi connectivity index (χ1) is 13.0. The first-order valence-corrected chi connectivity index (χ1v) is 9.44. The van der Waals surface area contributed by atoms with Crippen LogP contribution in [0.25, 0.3) is 0 Å². The standard InChI is InChI=1S/C22H24FNO3/c1-15-11-17(7-10-20(15)23)22(26)12-18-8-9-19(13-22)24(18)21(25)27-14-16-5-3-2-4-6-16/h2-7,10-11,18-19,26H,8-9,12-14H2,1H3. The van der Waals surface area contributed by atoms with E-state index < -0.39 is 5.60 Å². The highest BCUT2D eigenvalue weighted by molar-refractivity contribution is 5.69. The van der Waals surface area contributed by atoms with E-state index in [0.717, 1.165) is 24.0 Å². The molecule has 4 nitrogen and oxygen atoms in total. The van der Waals surface area contributed by atoms with Crippen LogP contribution in [0.4, 0.5) is 9.18 Å². The Kier molecular flexibility index (Phi) is 4.64. The third-order valence-corrected chi connectivity index (χ3v) is 5.88. The van der Waals surface area contributed by atoms with Gasteiger partial charge in [0.1, 0.15) is 12.4 Å². The molecule has 2 unspecified atom stereocenters. The summed E-state index contributed by atoms with van der Waals surface area (Å²) in [7, 11) is 0. The maximum atomic E-state index is 13.6. The number of ether oxygens (including phenoxy) is 1. The van der Waals surface area contributed by atoms with Crippen molar-refractivity contribution in [1.82, 2.24) is 4.90 Å². The Morgan fingerprint density at radius 3 is 2.48 bits per heavy atom. The van der Waals surface area contributed by atoms with Crippen molar-refractivity contribution in [3.05, 3.63) is 71.0 Å². The van der Waals surface area contributed by atoms with E-state index in [2.05, 4.69) is 0 Å². The van der Waals surface area contributed by atoms with Crippen LogP contribution >= 0.6 is 0 Å². The number of amides is 1. The summed E-state index contributed by atoms with van der Waals surface area (Å²) in [5.74, 6) is -0.271. The average Bonchev–Trinajstić information content (AvgIpc) is 2.95. The molecule has 0 radical (unpaired) electrons. The van der Waals surface area contributed by atoms with E-state index in [1.807, 2.05) is 30.3 Å². The van der Waals surface area contributed by atoms with Gasteiger partial charge in [-0.25, -0.2) is 9.18 Å². The number of hydrogen-bond acceptors (Lipinski definition) is 3. The Morgan fingerprint density at radius 1 is 1.19 bits per heavy atom. The first-order valence-electron chi connectivity index (χ1n) is 9.44. The SMILES string of the molecule is Cc1cc(C2(O)CC3CCC(C2)N3C(=O)OCc2ccccc2)ccc1F. The number of halogens is 1. The van der Waals surface area contributed by atoms with E-state index in [-0.39, 0.29) is 30.6 Å². The number of piperidine rings is 1. The predicted molar refractivity (Wildman–Crippen MR) is 99.5 cm³/mol. The molecule has 142 valence electrons. The van der Waals surface area contributed by atoms with Crippen LogP contribution in [0.15, 0.2) is 48.5 Å². The summed E-state index contributed by atoms with van der Waals surface area (Å²) in [6.07, 6.45) is 2.30. The zero-order valence-electron chi connectivity index (χ0n) is 15.4. The van der Waals surface area contributed by atoms with Crippen molar-refractivity contribution < 1.29 is 19.0 Å². The fraction of sp³-hybridized carbons (Fsp3) is 0.409. The predicted octanol–water partition coefficient (Wildman–Crippen LogP) is 4.29. The van der Waals surface area contributed by atoms with Crippen LogP contribution in [0, 0.1) is 12.7 Å². The third-order valence-electron chi connectivity index (χ3n) is 5.88. The quantitative estimate of drug-likeness (QED) is 0.878. The lowest BCUT2D eigenvalue weighted by molar-refractivity contribution is -0.0537. The molecule has 0 aliphatic carbocycles. The van der Waals surface area contributed by atoms with Crippen LogP contribution < -0.4 is 0 Å². The summed E-state index contributed by atoms with van der Waals surface area (Å²) in [6, 6.07) is 14.3. The number of hydrogen-bond donors (Lipinski definition) is 1. The van der Waals surface area contributed by atoms with E-state index >= 15 is 0 Å². The number of benzene rings is 2. The summed E-state index contributed by atoms with van der Waals surface area (Å²) in [6.45, 7) is 1.95. The third kappa shape index (κ3) is 3.44. The highest BCUT2D eigenvalue weighted by Crippen LogP contribution is 2.46. The topological polar surface area (TPSA) is 49.8 Å². The molecule has 5 heteroatoms. The zero-order valence-corrected chi connectivity index (χ0v) is 15.4. The minimum atomic E-state index is -1.03. The zero-order chi connectivity index (χ0) is 19.0. The summed E-state index contributed by atoms with van der Waals surface area (Å²) in [4.78, 5) is 14.5. The molecule has 2 atom stereocenters. The Hall–Kier alpha value is -2.40. The van der Waals surface area contributed by atoms with Crippen molar-refractivity contribution in [2.24, 2.45) is 0 Å². The number of carbonyl (C=O) groups excluding carboxylic acids is 1. The van der Waals surface area contributed by atoms with Gasteiger partial charge in [-0.2, -0.15) is 0 Å². The van der Waals surface area contributed by atoms with Crippen molar-refractivity contribution in [1.29, 1.82) is 0 Å². The number of aliphatic hydroxyl groups is 1. The van der Waals surface area contributed by atoms with Crippen LogP contribution in [0.2, 0.25) is 0 Å². The van der Waals surface area contributed by atoms with Crippen LogP contribution in [-0.2, 0) is 16.9 Å². The fourth-order valence-corrected chi connectivity index (χ4v) is 4.49. The smallest absolute Gasteiger partial charge is 0.410 e. The number of aryl methyl sites for hydroxylation is 1. The molecule has 2 aromatic carbocycles. The van der Waals surface area contributed by atoms with E-state index in [1.165, 1.54) is 6.07 Å². The molecular formula is C22H24FNO3. The molecule has 0 spiro atoms. The maximum Gasteiger partial charge on any atom is 0.410 e. The Bertz CT molecular complexity index is 825. The van der Waals surface area contributed by atoms with Gasteiger partial charge in [-0.3, -0.25) is 0 Å². The monoisotopic (exact) mass is 369 g/mol. The van der Waals surface area contributed by atoms with E-state index in [0.29, 0.717) is 18.4 Å². The Labute approximate surface area is 158 Å². The molecule has 2 aliphatic rings. The van der Waals surface area contributed by atoms with Crippen molar-refractivity contribution >= 4 is 6.09 Å². The number of nitrogens with zero attached hydrogens (tertiary/aromatic N) is 1. The Morgan fingerprint density at radius 2 is 1.85 bits per heavy atom. The molecular weight excluding hydrogens is 345 g/mol. The van der Waals surface area contributed by atoms with Gasteiger partial charge >= 0.3 is 6.09 Å². The van der Waals surface area contributed by atoms with Crippen molar-refractivity contribution in [2.45, 2.75) is 56.9 Å². The fourth-order valence-electron chi connectivity index (χ4n) is 4.49. The van der Waals surface area contributed by atoms with Crippen molar-refractivity contribution in [3.63, 3.8) is 0 Å². The summed E-state index contributed by atoms with van der Waals surface area (Å²) in [5.41, 5.74) is 1.18. The molecule has 2 aromatic rings. The van der Waals surface area contributed by atoms with E-state index in [4.69, 9.17) is 4.74 Å². The molecule has 2 heterocycles. The van der Waals surface area contributed by atoms with Gasteiger partial charge in [-0.05, 0) is 42.5 Å². The average molecular weight is 369 g/mol. The van der Waals surface area contributed by atoms with Gasteiger partial charge in [-0.1, -0.05) is 42.5 Å². The molecule has 1 amide bonds. The second-order valence-electron chi connectivity index (χ2n) is 7.74. The number of carbonyl (C=O) groups is 1. The minimum absolute atomic E-state index is 0.0533. The van der Waals surface area contributed by atoms with Gasteiger partial charge in [0.25, 0.3) is 0 Å². The molecule has 27 heavy (non-hydrogen) atoms. The van der Waals surface area contributed by atoms with Crippen LogP contribution in [0.5, 0.6) is 0 Å². The number of fused-ring (bicyclic) bond motifs is 2. The van der Waals surface area contributed by atoms with Crippen LogP contribution in [-0.4, -0.2) is 28.2 Å². The lowest BCUT2D eigenvalue weighted by atomic mass is 9.80. The van der Waals surface area contributed by atoms with Gasteiger partial charge in [0, 0.05) is 24.9 Å². The van der Waals surface area contributed by atoms with Crippen molar-refractivity contribution in [3.8, 4) is 0 Å². The van der Waals surface area contributed by atoms with Gasteiger partial charge in [-0.15, -0.1) is 0 Å². The minimum Gasteiger partial charge on any atom is -0.445 e. The summed E-state index contributed by atoms with van der Waals surface area (Å²) in [5, 5.41) is 11.2. The van der Waals surface area contributed by atoms with Crippen LogP contribution in [0.3, 0.4) is 0 Å². The second-order valence-corrected chi connectivity index (χ2v) is 7.74. The number of rotatable bonds is 3. The lowest BCUT2D eigenvalue weighted by Gasteiger charge is -2.43. The normalized spacial score (nSPS) is 26.9. The van der Waals surface area contributed by atoms with Gasteiger partial charge < -0.3 is 14.7 Å². The van der Waals surface area contributed by atoms with Crippen molar-refractivity contribution in [2.75, 3.05) is 0 Å². The van der Waals surface area contributed by atoms with Gasteiger partial charge in [0.05, 0.1) is 5.60 Å². The molecule has 2 bridgehead atoms. The molecule has 4 rings (SSSR count). The summed E-state index contributed by atoms with van der Waals surface area (Å²) >= 11 is 0. The van der Waals surface area contributed by atoms with Crippen LogP contribution in [0.1, 0.15) is 42.4 Å². The Balaban J connectivity index is 1.46. The molecule has 0 aromatic heterocycles. The molecule has 2 fully saturated rings. The molecule has 2 saturated heterocycles. The summed E-state index contributed by atoms with van der Waals surface area (Å²) < 4.78 is 19.1. The highest BCUT2D eigenvalue weighted by atomic mass is 19.1. The van der Waals surface area contributed by atoms with E-state index in [1.54, 1.807) is 24.0 Å². The first kappa shape index (κ1) is 18.0. The van der Waals surface area contributed by atoms with Gasteiger partial charge in [0.2, 0.25) is 0 Å².